The number of aliphatic hydroxyl groups is 1. The summed E-state index contributed by atoms with van der Waals surface area (Å²) in [6, 6.07) is 7.72. The van der Waals surface area contributed by atoms with Crippen LogP contribution in [0, 0.1) is 0 Å². The van der Waals surface area contributed by atoms with Gasteiger partial charge in [-0.05, 0) is 24.6 Å². The first-order valence-corrected chi connectivity index (χ1v) is 6.00. The molecule has 0 aromatic heterocycles. The van der Waals surface area contributed by atoms with Gasteiger partial charge in [0.1, 0.15) is 0 Å². The standard InChI is InChI=1S/C12H14BrNO2/c1-12(16)7-14(8-12)11(15)6-9-3-2-4-10(13)5-9/h2-5,16H,6-8H2,1H3. The van der Waals surface area contributed by atoms with E-state index in [4.69, 9.17) is 0 Å². The Labute approximate surface area is 103 Å². The fourth-order valence-electron chi connectivity index (χ4n) is 1.89. The van der Waals surface area contributed by atoms with Crippen molar-refractivity contribution in [2.75, 3.05) is 13.1 Å². The first-order chi connectivity index (χ1) is 7.46. The lowest BCUT2D eigenvalue weighted by atomic mass is 9.96. The molecule has 4 heteroatoms. The molecular formula is C12H14BrNO2. The Kier molecular flexibility index (Phi) is 3.04. The highest BCUT2D eigenvalue weighted by atomic mass is 79.9. The lowest BCUT2D eigenvalue weighted by molar-refractivity contribution is -0.151. The number of amides is 1. The van der Waals surface area contributed by atoms with Crippen LogP contribution in [0.4, 0.5) is 0 Å². The number of carbonyl (C=O) groups is 1. The summed E-state index contributed by atoms with van der Waals surface area (Å²) in [6.45, 7) is 2.63. The molecule has 0 spiro atoms. The topological polar surface area (TPSA) is 40.5 Å². The fourth-order valence-corrected chi connectivity index (χ4v) is 2.33. The third-order valence-corrected chi connectivity index (χ3v) is 3.15. The van der Waals surface area contributed by atoms with E-state index in [9.17, 15) is 9.90 Å². The van der Waals surface area contributed by atoms with Gasteiger partial charge < -0.3 is 10.0 Å². The van der Waals surface area contributed by atoms with E-state index in [1.54, 1.807) is 11.8 Å². The average molecular weight is 284 g/mol. The SMILES string of the molecule is CC1(O)CN(C(=O)Cc2cccc(Br)c2)C1. The van der Waals surface area contributed by atoms with Crippen LogP contribution in [0.1, 0.15) is 12.5 Å². The zero-order chi connectivity index (χ0) is 11.8. The quantitative estimate of drug-likeness (QED) is 0.896. The number of hydrogen-bond acceptors (Lipinski definition) is 2. The third-order valence-electron chi connectivity index (χ3n) is 2.66. The molecule has 0 unspecified atom stereocenters. The first kappa shape index (κ1) is 11.6. The van der Waals surface area contributed by atoms with Crippen molar-refractivity contribution < 1.29 is 9.90 Å². The van der Waals surface area contributed by atoms with Gasteiger partial charge in [0.15, 0.2) is 0 Å². The lowest BCUT2D eigenvalue weighted by Crippen LogP contribution is -2.62. The predicted molar refractivity (Wildman–Crippen MR) is 65.0 cm³/mol. The molecule has 2 rings (SSSR count). The highest BCUT2D eigenvalue weighted by Crippen LogP contribution is 2.21. The number of nitrogens with zero attached hydrogens (tertiary/aromatic N) is 1. The lowest BCUT2D eigenvalue weighted by Gasteiger charge is -2.44. The van der Waals surface area contributed by atoms with Crippen LogP contribution in [0.2, 0.25) is 0 Å². The molecule has 16 heavy (non-hydrogen) atoms. The van der Waals surface area contributed by atoms with E-state index in [1.165, 1.54) is 0 Å². The van der Waals surface area contributed by atoms with Gasteiger partial charge in [0.25, 0.3) is 0 Å². The first-order valence-electron chi connectivity index (χ1n) is 5.21. The van der Waals surface area contributed by atoms with E-state index in [1.807, 2.05) is 24.3 Å². The van der Waals surface area contributed by atoms with E-state index >= 15 is 0 Å². The van der Waals surface area contributed by atoms with Crippen molar-refractivity contribution >= 4 is 21.8 Å². The number of halogens is 1. The maximum atomic E-state index is 11.8. The molecule has 1 aromatic rings. The minimum Gasteiger partial charge on any atom is -0.386 e. The van der Waals surface area contributed by atoms with Crippen LogP contribution < -0.4 is 0 Å². The van der Waals surface area contributed by atoms with Gasteiger partial charge in [-0.1, -0.05) is 28.1 Å². The molecule has 1 N–H and O–H groups in total. The van der Waals surface area contributed by atoms with E-state index in [0.717, 1.165) is 10.0 Å². The third kappa shape index (κ3) is 2.62. The van der Waals surface area contributed by atoms with Crippen LogP contribution in [0.25, 0.3) is 0 Å². The number of benzene rings is 1. The maximum absolute atomic E-state index is 11.8. The van der Waals surface area contributed by atoms with Crippen LogP contribution in [0.5, 0.6) is 0 Å². The molecule has 3 nitrogen and oxygen atoms in total. The molecule has 1 aromatic carbocycles. The molecule has 0 saturated carbocycles. The summed E-state index contributed by atoms with van der Waals surface area (Å²) >= 11 is 3.37. The summed E-state index contributed by atoms with van der Waals surface area (Å²) in [4.78, 5) is 13.5. The zero-order valence-electron chi connectivity index (χ0n) is 9.11. The summed E-state index contributed by atoms with van der Waals surface area (Å²) in [5.41, 5.74) is 0.304. The number of rotatable bonds is 2. The van der Waals surface area contributed by atoms with E-state index in [2.05, 4.69) is 15.9 Å². The second kappa shape index (κ2) is 4.18. The molecule has 1 aliphatic heterocycles. The molecule has 1 saturated heterocycles. The van der Waals surface area contributed by atoms with Crippen LogP contribution in [-0.4, -0.2) is 34.6 Å². The summed E-state index contributed by atoms with van der Waals surface area (Å²) in [7, 11) is 0. The van der Waals surface area contributed by atoms with Gasteiger partial charge in [-0.2, -0.15) is 0 Å². The maximum Gasteiger partial charge on any atom is 0.227 e. The number of β-amino-alcohol motifs (C(OH)–C–C–N with tert-alkyl or cyclic N) is 1. The summed E-state index contributed by atoms with van der Waals surface area (Å²) in [5, 5.41) is 9.54. The molecular weight excluding hydrogens is 270 g/mol. The van der Waals surface area contributed by atoms with Gasteiger partial charge in [0, 0.05) is 4.47 Å². The van der Waals surface area contributed by atoms with Crippen molar-refractivity contribution in [1.29, 1.82) is 0 Å². The van der Waals surface area contributed by atoms with Gasteiger partial charge >= 0.3 is 0 Å². The molecule has 0 bridgehead atoms. The predicted octanol–water partition coefficient (Wildman–Crippen LogP) is 1.58. The Morgan fingerprint density at radius 2 is 2.25 bits per heavy atom. The number of hydrogen-bond donors (Lipinski definition) is 1. The van der Waals surface area contributed by atoms with Crippen molar-refractivity contribution in [1.82, 2.24) is 4.90 Å². The minimum absolute atomic E-state index is 0.0737. The smallest absolute Gasteiger partial charge is 0.227 e. The molecule has 0 atom stereocenters. The fraction of sp³-hybridized carbons (Fsp3) is 0.417. The Morgan fingerprint density at radius 1 is 1.56 bits per heavy atom. The molecule has 1 aliphatic rings. The monoisotopic (exact) mass is 283 g/mol. The van der Waals surface area contributed by atoms with Gasteiger partial charge in [0.05, 0.1) is 25.1 Å². The second-order valence-corrected chi connectivity index (χ2v) is 5.47. The molecule has 1 fully saturated rings. The van der Waals surface area contributed by atoms with Crippen molar-refractivity contribution in [2.45, 2.75) is 18.9 Å². The van der Waals surface area contributed by atoms with E-state index in [-0.39, 0.29) is 5.91 Å². The average Bonchev–Trinajstić information content (AvgIpc) is 2.13. The Hall–Kier alpha value is -0.870. The van der Waals surface area contributed by atoms with Gasteiger partial charge in [-0.15, -0.1) is 0 Å². The molecule has 1 heterocycles. The van der Waals surface area contributed by atoms with Crippen molar-refractivity contribution in [3.05, 3.63) is 34.3 Å². The van der Waals surface area contributed by atoms with Crippen LogP contribution in [0.3, 0.4) is 0 Å². The summed E-state index contributed by atoms with van der Waals surface area (Å²) in [6.07, 6.45) is 0.398. The van der Waals surface area contributed by atoms with Crippen molar-refractivity contribution in [3.8, 4) is 0 Å². The molecule has 0 aliphatic carbocycles. The minimum atomic E-state index is -0.688. The van der Waals surface area contributed by atoms with Crippen molar-refractivity contribution in [2.24, 2.45) is 0 Å². The van der Waals surface area contributed by atoms with Gasteiger partial charge in [-0.25, -0.2) is 0 Å². The van der Waals surface area contributed by atoms with Crippen LogP contribution in [-0.2, 0) is 11.2 Å². The largest absolute Gasteiger partial charge is 0.386 e. The highest BCUT2D eigenvalue weighted by Gasteiger charge is 2.38. The molecule has 1 amide bonds. The second-order valence-electron chi connectivity index (χ2n) is 4.55. The summed E-state index contributed by atoms with van der Waals surface area (Å²) in [5.74, 6) is 0.0737. The number of likely N-dealkylation sites (tertiary alicyclic amines) is 1. The Bertz CT molecular complexity index is 409. The summed E-state index contributed by atoms with van der Waals surface area (Å²) < 4.78 is 0.980. The Morgan fingerprint density at radius 3 is 2.81 bits per heavy atom. The normalized spacial score (nSPS) is 18.1. The molecule has 86 valence electrons. The Balaban J connectivity index is 1.94. The number of carbonyl (C=O) groups excluding carboxylic acids is 1. The van der Waals surface area contributed by atoms with Gasteiger partial charge in [0.2, 0.25) is 5.91 Å². The van der Waals surface area contributed by atoms with Crippen LogP contribution in [0.15, 0.2) is 28.7 Å². The van der Waals surface area contributed by atoms with Gasteiger partial charge in [-0.3, -0.25) is 4.79 Å². The van der Waals surface area contributed by atoms with E-state index < -0.39 is 5.60 Å². The zero-order valence-corrected chi connectivity index (χ0v) is 10.7. The van der Waals surface area contributed by atoms with E-state index in [0.29, 0.717) is 19.5 Å². The highest BCUT2D eigenvalue weighted by molar-refractivity contribution is 9.10. The van der Waals surface area contributed by atoms with Crippen LogP contribution >= 0.6 is 15.9 Å². The van der Waals surface area contributed by atoms with Crippen molar-refractivity contribution in [3.63, 3.8) is 0 Å². The molecule has 0 radical (unpaired) electrons.